The number of nitrogens with one attached hydrogen (secondary N) is 1. The summed E-state index contributed by atoms with van der Waals surface area (Å²) in [6, 6.07) is 5.41. The second-order valence-corrected chi connectivity index (χ2v) is 15.0. The van der Waals surface area contributed by atoms with Crippen molar-refractivity contribution in [2.24, 2.45) is 17.3 Å². The highest BCUT2D eigenvalue weighted by Gasteiger charge is 2.74. The highest BCUT2D eigenvalue weighted by Crippen LogP contribution is 2.61. The van der Waals surface area contributed by atoms with Crippen molar-refractivity contribution in [3.8, 4) is 0 Å². The molecule has 3 fully saturated rings. The number of fused-ring (bicyclic) bond motifs is 3. The van der Waals surface area contributed by atoms with Crippen LogP contribution in [-0.4, -0.2) is 57.1 Å². The molecule has 0 bridgehead atoms. The van der Waals surface area contributed by atoms with Gasteiger partial charge in [-0.05, 0) is 86.3 Å². The van der Waals surface area contributed by atoms with Crippen molar-refractivity contribution in [2.75, 3.05) is 19.6 Å². The Morgan fingerprint density at radius 1 is 0.870 bits per heavy atom. The number of piperidine rings is 1. The Balaban J connectivity index is 1.42. The first-order valence-corrected chi connectivity index (χ1v) is 16.4. The summed E-state index contributed by atoms with van der Waals surface area (Å²) in [5.41, 5.74) is -8.29. The van der Waals surface area contributed by atoms with Gasteiger partial charge in [0.2, 0.25) is 11.8 Å². The number of nitrogens with zero attached hydrogens (tertiary/aromatic N) is 1. The molecule has 250 valence electrons. The Labute approximate surface area is 259 Å². The molecule has 4 aliphatic rings. The zero-order chi connectivity index (χ0) is 33.5. The van der Waals surface area contributed by atoms with E-state index in [4.69, 9.17) is 0 Å². The van der Waals surface area contributed by atoms with Crippen molar-refractivity contribution in [1.29, 1.82) is 0 Å². The molecule has 2 aromatic rings. The van der Waals surface area contributed by atoms with E-state index in [1.165, 1.54) is 0 Å². The minimum Gasteiger partial charge on any atom is -0.356 e. The average molecular weight is 679 g/mol. The van der Waals surface area contributed by atoms with Crippen molar-refractivity contribution >= 4 is 21.7 Å². The van der Waals surface area contributed by atoms with Crippen LogP contribution in [0.5, 0.6) is 0 Å². The van der Waals surface area contributed by atoms with Gasteiger partial charge in [-0.15, -0.1) is 0 Å². The predicted octanol–water partition coefficient (Wildman–Crippen LogP) is 5.89. The molecule has 6 rings (SSSR count). The molecule has 2 amide bonds. The van der Waals surface area contributed by atoms with Gasteiger partial charge in [-0.1, -0.05) is 18.2 Å². The third-order valence-electron chi connectivity index (χ3n) is 10.7. The minimum absolute atomic E-state index is 0.0470. The molecule has 0 aromatic heterocycles. The van der Waals surface area contributed by atoms with Crippen molar-refractivity contribution in [3.05, 3.63) is 65.0 Å². The van der Waals surface area contributed by atoms with Gasteiger partial charge in [0, 0.05) is 31.1 Å². The molecule has 2 aliphatic carbocycles. The van der Waals surface area contributed by atoms with E-state index in [0.29, 0.717) is 37.9 Å². The summed E-state index contributed by atoms with van der Waals surface area (Å²) in [4.78, 5) is 27.7. The van der Waals surface area contributed by atoms with Gasteiger partial charge in [0.05, 0.1) is 10.3 Å². The highest BCUT2D eigenvalue weighted by atomic mass is 32.2. The van der Waals surface area contributed by atoms with E-state index in [1.807, 2.05) is 0 Å². The van der Waals surface area contributed by atoms with Crippen LogP contribution in [-0.2, 0) is 36.3 Å². The summed E-state index contributed by atoms with van der Waals surface area (Å²) in [6.45, 7) is 1.07. The lowest BCUT2D eigenvalue weighted by atomic mass is 9.72. The number of hydrogen-bond acceptors (Lipinski definition) is 4. The molecule has 2 aliphatic heterocycles. The third kappa shape index (κ3) is 4.57. The number of halogens is 8. The summed E-state index contributed by atoms with van der Waals surface area (Å²) >= 11 is 0. The molecule has 0 unspecified atom stereocenters. The van der Waals surface area contributed by atoms with Crippen molar-refractivity contribution in [1.82, 2.24) is 10.2 Å². The van der Waals surface area contributed by atoms with Crippen LogP contribution in [0.25, 0.3) is 0 Å². The molecule has 3 atom stereocenters. The number of sulfone groups is 1. The van der Waals surface area contributed by atoms with Gasteiger partial charge in [-0.25, -0.2) is 17.2 Å². The molecule has 15 heteroatoms. The average Bonchev–Trinajstić information content (AvgIpc) is 3.57. The summed E-state index contributed by atoms with van der Waals surface area (Å²) in [5.74, 6) is -2.94. The van der Waals surface area contributed by atoms with Crippen LogP contribution < -0.4 is 5.32 Å². The summed E-state index contributed by atoms with van der Waals surface area (Å²) in [7, 11) is -4.55. The standard InChI is InChI=1S/C31H30F8N2O4S/c32-20-3-5-21(6-4-20)46(44,45)28-10-9-22(25(42)41-15-12-27(13-16-41)11-14-40-26(27)43)24(28)7-1-18-17-19(2-8-23(18)28)29(33,30(34,35)36)31(37,38)39/h2-6,8,17,22,24H,1,7,9-16H2,(H,40,43)/t22-,24+,28-/m1/s1. The lowest BCUT2D eigenvalue weighted by molar-refractivity contribution is -0.348. The van der Waals surface area contributed by atoms with E-state index < -0.39 is 61.2 Å². The third-order valence-corrected chi connectivity index (χ3v) is 13.3. The molecule has 6 nitrogen and oxygen atoms in total. The van der Waals surface area contributed by atoms with E-state index >= 15 is 4.39 Å². The number of rotatable bonds is 4. The zero-order valence-corrected chi connectivity index (χ0v) is 25.1. The van der Waals surface area contributed by atoms with Crippen LogP contribution in [0.1, 0.15) is 55.2 Å². The smallest absolute Gasteiger partial charge is 0.356 e. The Morgan fingerprint density at radius 2 is 1.50 bits per heavy atom. The first kappa shape index (κ1) is 32.7. The Bertz CT molecular complexity index is 1650. The topological polar surface area (TPSA) is 83.6 Å². The van der Waals surface area contributed by atoms with E-state index in [2.05, 4.69) is 5.32 Å². The van der Waals surface area contributed by atoms with Gasteiger partial charge < -0.3 is 10.2 Å². The van der Waals surface area contributed by atoms with Gasteiger partial charge in [-0.3, -0.25) is 9.59 Å². The highest BCUT2D eigenvalue weighted by molar-refractivity contribution is 7.92. The van der Waals surface area contributed by atoms with E-state index in [0.717, 1.165) is 30.3 Å². The number of carbonyl (C=O) groups excluding carboxylic acids is 2. The van der Waals surface area contributed by atoms with Crippen LogP contribution >= 0.6 is 0 Å². The van der Waals surface area contributed by atoms with Crippen molar-refractivity contribution < 1.29 is 53.1 Å². The Hall–Kier alpha value is -3.23. The van der Waals surface area contributed by atoms with E-state index in [1.54, 1.807) is 4.90 Å². The number of benzene rings is 2. The van der Waals surface area contributed by atoms with Crippen LogP contribution in [0.3, 0.4) is 0 Å². The Morgan fingerprint density at radius 3 is 2.07 bits per heavy atom. The molecule has 1 N–H and O–H groups in total. The largest absolute Gasteiger partial charge is 0.435 e. The van der Waals surface area contributed by atoms with Gasteiger partial charge in [-0.2, -0.15) is 26.3 Å². The van der Waals surface area contributed by atoms with E-state index in [-0.39, 0.29) is 66.6 Å². The number of amides is 2. The molecule has 0 radical (unpaired) electrons. The molecule has 1 saturated carbocycles. The molecule has 46 heavy (non-hydrogen) atoms. The van der Waals surface area contributed by atoms with Crippen molar-refractivity contribution in [3.63, 3.8) is 0 Å². The van der Waals surface area contributed by atoms with E-state index in [9.17, 15) is 48.7 Å². The van der Waals surface area contributed by atoms with Crippen LogP contribution in [0.4, 0.5) is 35.1 Å². The second-order valence-electron chi connectivity index (χ2n) is 12.8. The van der Waals surface area contributed by atoms with Gasteiger partial charge in [0.25, 0.3) is 0 Å². The van der Waals surface area contributed by atoms with Crippen molar-refractivity contribution in [2.45, 2.75) is 72.6 Å². The number of aryl methyl sites for hydroxylation is 1. The first-order chi connectivity index (χ1) is 21.4. The number of likely N-dealkylation sites (tertiary alicyclic amines) is 1. The monoisotopic (exact) mass is 678 g/mol. The zero-order valence-electron chi connectivity index (χ0n) is 24.3. The number of alkyl halides is 7. The molecule has 2 aromatic carbocycles. The summed E-state index contributed by atoms with van der Waals surface area (Å²) in [5, 5.41) is 2.82. The van der Waals surface area contributed by atoms with Crippen LogP contribution in [0, 0.1) is 23.1 Å². The maximum Gasteiger partial charge on any atom is 0.435 e. The van der Waals surface area contributed by atoms with Crippen LogP contribution in [0.15, 0.2) is 47.4 Å². The SMILES string of the molecule is O=C([C@@H]1CC[C@@]2(S(=O)(=O)c3ccc(F)cc3)c3ccc(C(F)(C(F)(F)F)C(F)(F)F)cc3CC[C@@H]12)N1CCC2(CCNC2=O)CC1. The molecule has 2 saturated heterocycles. The minimum atomic E-state index is -6.36. The fourth-order valence-electron chi connectivity index (χ4n) is 8.26. The quantitative estimate of drug-likeness (QED) is 0.324. The van der Waals surface area contributed by atoms with Gasteiger partial charge >= 0.3 is 18.0 Å². The Kier molecular flexibility index (Phi) is 7.57. The lowest BCUT2D eigenvalue weighted by Gasteiger charge is -2.44. The molecule has 2 heterocycles. The molecule has 1 spiro atoms. The number of carbonyl (C=O) groups is 2. The van der Waals surface area contributed by atoms with Crippen LogP contribution in [0.2, 0.25) is 0 Å². The maximum absolute atomic E-state index is 15.0. The summed E-state index contributed by atoms with van der Waals surface area (Å²) in [6.07, 6.45) is -11.7. The lowest BCUT2D eigenvalue weighted by Crippen LogP contribution is -2.51. The fourth-order valence-corrected chi connectivity index (χ4v) is 10.7. The summed E-state index contributed by atoms with van der Waals surface area (Å²) < 4.78 is 137. The second kappa shape index (κ2) is 10.6. The number of hydrogen-bond donors (Lipinski definition) is 1. The molecular formula is C31H30F8N2O4S. The predicted molar refractivity (Wildman–Crippen MR) is 147 cm³/mol. The molecular weight excluding hydrogens is 648 g/mol. The first-order valence-electron chi connectivity index (χ1n) is 14.9. The normalized spacial score (nSPS) is 26.5. The maximum atomic E-state index is 15.0. The fraction of sp³-hybridized carbons (Fsp3) is 0.548. The van der Waals surface area contributed by atoms with Gasteiger partial charge in [0.1, 0.15) is 10.6 Å². The van der Waals surface area contributed by atoms with Gasteiger partial charge in [0.15, 0.2) is 9.84 Å².